The Morgan fingerprint density at radius 1 is 1.12 bits per heavy atom. The molecular formula is C20H21N5S. The number of nitrogens with one attached hydrogen (secondary N) is 2. The summed E-state index contributed by atoms with van der Waals surface area (Å²) < 4.78 is 0. The Labute approximate surface area is 158 Å². The van der Waals surface area contributed by atoms with Crippen LogP contribution in [0.25, 0.3) is 0 Å². The van der Waals surface area contributed by atoms with Crippen LogP contribution in [0.15, 0.2) is 55.0 Å². The first-order valence-electron chi connectivity index (χ1n) is 8.66. The highest BCUT2D eigenvalue weighted by atomic mass is 32.1. The van der Waals surface area contributed by atoms with Crippen molar-refractivity contribution >= 4 is 17.3 Å². The van der Waals surface area contributed by atoms with E-state index in [2.05, 4.69) is 51.1 Å². The molecule has 2 N–H and O–H groups in total. The van der Waals surface area contributed by atoms with Crippen molar-refractivity contribution in [2.75, 3.05) is 0 Å². The summed E-state index contributed by atoms with van der Waals surface area (Å²) >= 11 is 5.71. The van der Waals surface area contributed by atoms with Gasteiger partial charge in [0.25, 0.3) is 0 Å². The van der Waals surface area contributed by atoms with Gasteiger partial charge in [-0.2, -0.15) is 0 Å². The first kappa shape index (κ1) is 16.7. The molecule has 0 bridgehead atoms. The fraction of sp³-hybridized carbons (Fsp3) is 0.250. The second-order valence-electron chi connectivity index (χ2n) is 6.64. The molecule has 6 heteroatoms. The van der Waals surface area contributed by atoms with Crippen LogP contribution >= 0.6 is 12.2 Å². The van der Waals surface area contributed by atoms with Crippen molar-refractivity contribution in [3.63, 3.8) is 0 Å². The largest absolute Gasteiger partial charge is 0.362 e. The van der Waals surface area contributed by atoms with Gasteiger partial charge in [0.05, 0.1) is 17.8 Å². The lowest BCUT2D eigenvalue weighted by Crippen LogP contribution is -2.29. The van der Waals surface area contributed by atoms with Gasteiger partial charge in [0, 0.05) is 36.5 Å². The summed E-state index contributed by atoms with van der Waals surface area (Å²) in [5.41, 5.74) is 5.74. The minimum absolute atomic E-state index is 0.0134. The van der Waals surface area contributed by atoms with E-state index in [0.29, 0.717) is 0 Å². The molecule has 2 atom stereocenters. The average Bonchev–Trinajstić information content (AvgIpc) is 3.15. The molecule has 1 aliphatic heterocycles. The Hall–Kier alpha value is -2.73. The highest BCUT2D eigenvalue weighted by Crippen LogP contribution is 2.40. The number of hydrogen-bond donors (Lipinski definition) is 2. The number of hydrogen-bond acceptors (Lipinski definition) is 3. The lowest BCUT2D eigenvalue weighted by molar-refractivity contribution is 0.310. The van der Waals surface area contributed by atoms with Gasteiger partial charge in [-0.15, -0.1) is 0 Å². The Kier molecular flexibility index (Phi) is 4.42. The average molecular weight is 363 g/mol. The van der Waals surface area contributed by atoms with Crippen molar-refractivity contribution in [3.8, 4) is 0 Å². The smallest absolute Gasteiger partial charge is 0.170 e. The summed E-state index contributed by atoms with van der Waals surface area (Å²) in [7, 11) is 0. The van der Waals surface area contributed by atoms with Crippen LogP contribution in [0.3, 0.4) is 0 Å². The van der Waals surface area contributed by atoms with E-state index in [4.69, 9.17) is 12.2 Å². The highest BCUT2D eigenvalue weighted by molar-refractivity contribution is 7.80. The molecule has 0 aromatic carbocycles. The number of thiocarbonyl (C=S) groups is 1. The fourth-order valence-electron chi connectivity index (χ4n) is 3.65. The number of rotatable bonds is 4. The third-order valence-corrected chi connectivity index (χ3v) is 5.16. The number of pyridine rings is 2. The molecule has 4 heterocycles. The molecule has 0 spiro atoms. The fourth-order valence-corrected chi connectivity index (χ4v) is 3.96. The highest BCUT2D eigenvalue weighted by Gasteiger charge is 2.40. The zero-order valence-corrected chi connectivity index (χ0v) is 15.6. The topological polar surface area (TPSA) is 56.8 Å². The third kappa shape index (κ3) is 3.08. The molecule has 1 aliphatic rings. The van der Waals surface area contributed by atoms with Gasteiger partial charge in [-0.3, -0.25) is 9.97 Å². The van der Waals surface area contributed by atoms with Gasteiger partial charge in [-0.1, -0.05) is 6.07 Å². The summed E-state index contributed by atoms with van der Waals surface area (Å²) in [6, 6.07) is 12.4. The van der Waals surface area contributed by atoms with Crippen molar-refractivity contribution in [2.45, 2.75) is 32.5 Å². The molecule has 5 nitrogen and oxygen atoms in total. The molecule has 4 rings (SSSR count). The summed E-state index contributed by atoms with van der Waals surface area (Å²) in [5.74, 6) is 0. The summed E-state index contributed by atoms with van der Waals surface area (Å²) in [6.07, 6.45) is 5.47. The van der Waals surface area contributed by atoms with Crippen LogP contribution in [-0.4, -0.2) is 25.0 Å². The van der Waals surface area contributed by atoms with Gasteiger partial charge in [0.2, 0.25) is 0 Å². The Balaban J connectivity index is 1.76. The third-order valence-electron chi connectivity index (χ3n) is 4.81. The first-order chi connectivity index (χ1) is 12.6. The summed E-state index contributed by atoms with van der Waals surface area (Å²) in [5, 5.41) is 4.24. The van der Waals surface area contributed by atoms with Crippen LogP contribution in [0.5, 0.6) is 0 Å². The van der Waals surface area contributed by atoms with Gasteiger partial charge in [-0.05, 0) is 67.5 Å². The van der Waals surface area contributed by atoms with Crippen LogP contribution in [0.2, 0.25) is 0 Å². The standard InChI is InChI=1S/C20H21N5S/c1-13-11-16(14(2)23-13)19-18(17-5-3-4-8-22-17)24-20(26)25(19)12-15-6-9-21-10-7-15/h3-11,18-19,23H,12H2,1-2H3,(H,24,26)/t18-,19+/m0/s1. The molecule has 3 aromatic rings. The van der Waals surface area contributed by atoms with E-state index >= 15 is 0 Å². The van der Waals surface area contributed by atoms with E-state index in [9.17, 15) is 0 Å². The minimum atomic E-state index is 0.0134. The van der Waals surface area contributed by atoms with Crippen molar-refractivity contribution in [3.05, 3.63) is 83.2 Å². The van der Waals surface area contributed by atoms with Crippen LogP contribution in [0.1, 0.15) is 40.3 Å². The first-order valence-corrected chi connectivity index (χ1v) is 9.07. The van der Waals surface area contributed by atoms with Gasteiger partial charge in [0.1, 0.15) is 0 Å². The van der Waals surface area contributed by atoms with E-state index in [1.807, 2.05) is 42.9 Å². The predicted octanol–water partition coefficient (Wildman–Crippen LogP) is 3.59. The van der Waals surface area contributed by atoms with Crippen molar-refractivity contribution in [2.24, 2.45) is 0 Å². The second kappa shape index (κ2) is 6.88. The molecule has 0 radical (unpaired) electrons. The van der Waals surface area contributed by atoms with Gasteiger partial charge >= 0.3 is 0 Å². The zero-order valence-electron chi connectivity index (χ0n) is 14.8. The minimum Gasteiger partial charge on any atom is -0.362 e. The van der Waals surface area contributed by atoms with Crippen molar-refractivity contribution in [1.82, 2.24) is 25.2 Å². The maximum atomic E-state index is 5.71. The lowest BCUT2D eigenvalue weighted by Gasteiger charge is -2.28. The molecule has 0 aliphatic carbocycles. The van der Waals surface area contributed by atoms with Crippen molar-refractivity contribution < 1.29 is 0 Å². The van der Waals surface area contributed by atoms with E-state index in [0.717, 1.165) is 23.0 Å². The normalized spacial score (nSPS) is 19.6. The molecule has 1 saturated heterocycles. The van der Waals surface area contributed by atoms with Crippen molar-refractivity contribution in [1.29, 1.82) is 0 Å². The Morgan fingerprint density at radius 3 is 2.58 bits per heavy atom. The molecule has 0 unspecified atom stereocenters. The van der Waals surface area contributed by atoms with Crippen LogP contribution in [0.4, 0.5) is 0 Å². The Morgan fingerprint density at radius 2 is 1.92 bits per heavy atom. The van der Waals surface area contributed by atoms with E-state index in [-0.39, 0.29) is 12.1 Å². The molecule has 26 heavy (non-hydrogen) atoms. The van der Waals surface area contributed by atoms with Crippen LogP contribution in [0, 0.1) is 13.8 Å². The zero-order chi connectivity index (χ0) is 18.1. The van der Waals surface area contributed by atoms with E-state index < -0.39 is 0 Å². The summed E-state index contributed by atoms with van der Waals surface area (Å²) in [6.45, 7) is 4.93. The number of aromatic nitrogens is 3. The monoisotopic (exact) mass is 363 g/mol. The van der Waals surface area contributed by atoms with Crippen LogP contribution in [-0.2, 0) is 6.54 Å². The quantitative estimate of drug-likeness (QED) is 0.694. The number of H-pyrrole nitrogens is 1. The predicted molar refractivity (Wildman–Crippen MR) is 105 cm³/mol. The Bertz CT molecular complexity index is 906. The molecule has 0 saturated carbocycles. The summed E-state index contributed by atoms with van der Waals surface area (Å²) in [4.78, 5) is 14.4. The van der Waals surface area contributed by atoms with E-state index in [1.54, 1.807) is 0 Å². The maximum absolute atomic E-state index is 5.71. The molecular weight excluding hydrogens is 342 g/mol. The SMILES string of the molecule is Cc1cc([C@@H]2[C@H](c3ccccn3)NC(=S)N2Cc2ccncc2)c(C)[nH]1. The number of aryl methyl sites for hydroxylation is 2. The van der Waals surface area contributed by atoms with E-state index in [1.165, 1.54) is 16.8 Å². The van der Waals surface area contributed by atoms with Gasteiger partial charge in [0.15, 0.2) is 5.11 Å². The number of nitrogens with zero attached hydrogens (tertiary/aromatic N) is 3. The number of aromatic amines is 1. The molecule has 3 aromatic heterocycles. The second-order valence-corrected chi connectivity index (χ2v) is 7.03. The van der Waals surface area contributed by atoms with Crippen LogP contribution < -0.4 is 5.32 Å². The van der Waals surface area contributed by atoms with Gasteiger partial charge < -0.3 is 15.2 Å². The molecule has 132 valence electrons. The van der Waals surface area contributed by atoms with Gasteiger partial charge in [-0.25, -0.2) is 0 Å². The lowest BCUT2D eigenvalue weighted by atomic mass is 9.96. The molecule has 1 fully saturated rings. The molecule has 0 amide bonds. The maximum Gasteiger partial charge on any atom is 0.170 e.